The topological polar surface area (TPSA) is 75.4 Å². The zero-order valence-corrected chi connectivity index (χ0v) is 10.2. The fourth-order valence-corrected chi connectivity index (χ4v) is 1.14. The number of amides is 1. The number of carbonyl (C=O) groups excluding carboxylic acids is 1. The molecule has 15 heavy (non-hydrogen) atoms. The predicted octanol–water partition coefficient (Wildman–Crippen LogP) is 0.493. The van der Waals surface area contributed by atoms with Gasteiger partial charge in [-0.1, -0.05) is 27.7 Å². The molecular formula is C11H24N2O2. The number of hydrogen-bond donors (Lipinski definition) is 3. The summed E-state index contributed by atoms with van der Waals surface area (Å²) < 4.78 is 0. The molecular weight excluding hydrogens is 192 g/mol. The van der Waals surface area contributed by atoms with Gasteiger partial charge in [-0.3, -0.25) is 4.79 Å². The second-order valence-corrected chi connectivity index (χ2v) is 4.71. The van der Waals surface area contributed by atoms with Crippen LogP contribution in [0.1, 0.15) is 34.1 Å². The molecule has 0 heterocycles. The maximum absolute atomic E-state index is 11.5. The number of hydrogen-bond acceptors (Lipinski definition) is 3. The molecule has 0 fully saturated rings. The van der Waals surface area contributed by atoms with Crippen molar-refractivity contribution in [1.29, 1.82) is 0 Å². The molecule has 4 heteroatoms. The lowest BCUT2D eigenvalue weighted by molar-refractivity contribution is -0.123. The number of carbonyl (C=O) groups is 1. The Hall–Kier alpha value is -0.610. The third kappa shape index (κ3) is 5.74. The molecule has 1 amide bonds. The van der Waals surface area contributed by atoms with Crippen molar-refractivity contribution in [3.8, 4) is 0 Å². The predicted molar refractivity (Wildman–Crippen MR) is 61.3 cm³/mol. The Morgan fingerprint density at radius 1 is 1.27 bits per heavy atom. The lowest BCUT2D eigenvalue weighted by atomic mass is 10.0. The largest absolute Gasteiger partial charge is 0.394 e. The zero-order chi connectivity index (χ0) is 12.0. The Bertz CT molecular complexity index is 193. The second kappa shape index (κ2) is 6.80. The maximum atomic E-state index is 11.5. The van der Waals surface area contributed by atoms with Crippen LogP contribution < -0.4 is 11.1 Å². The van der Waals surface area contributed by atoms with Crippen LogP contribution in [0.4, 0.5) is 0 Å². The van der Waals surface area contributed by atoms with Crippen molar-refractivity contribution < 1.29 is 9.90 Å². The third-order valence-electron chi connectivity index (χ3n) is 2.63. The van der Waals surface area contributed by atoms with Gasteiger partial charge in [-0.2, -0.15) is 0 Å². The summed E-state index contributed by atoms with van der Waals surface area (Å²) in [6.45, 7) is 7.88. The van der Waals surface area contributed by atoms with Crippen LogP contribution in [0.15, 0.2) is 0 Å². The van der Waals surface area contributed by atoms with E-state index in [9.17, 15) is 4.79 Å². The van der Waals surface area contributed by atoms with Gasteiger partial charge in [0.2, 0.25) is 5.91 Å². The van der Waals surface area contributed by atoms with Gasteiger partial charge in [0.15, 0.2) is 0 Å². The minimum atomic E-state index is -0.170. The van der Waals surface area contributed by atoms with E-state index in [-0.39, 0.29) is 30.5 Å². The molecule has 0 rings (SSSR count). The van der Waals surface area contributed by atoms with E-state index in [0.29, 0.717) is 12.3 Å². The van der Waals surface area contributed by atoms with Crippen LogP contribution in [0.25, 0.3) is 0 Å². The van der Waals surface area contributed by atoms with Gasteiger partial charge in [-0.25, -0.2) is 0 Å². The van der Waals surface area contributed by atoms with Gasteiger partial charge >= 0.3 is 0 Å². The number of aliphatic hydroxyl groups is 1. The van der Waals surface area contributed by atoms with Crippen molar-refractivity contribution in [2.24, 2.45) is 17.6 Å². The highest BCUT2D eigenvalue weighted by Crippen LogP contribution is 2.05. The standard InChI is InChI=1S/C11H24N2O2/c1-7(2)9(12)5-11(15)13-10(6-14)8(3)4/h7-10,14H,5-6,12H2,1-4H3,(H,13,15)/t9?,10-/m1/s1. The van der Waals surface area contributed by atoms with Crippen molar-refractivity contribution >= 4 is 5.91 Å². The highest BCUT2D eigenvalue weighted by atomic mass is 16.3. The minimum absolute atomic E-state index is 0.0275. The molecule has 4 N–H and O–H groups in total. The van der Waals surface area contributed by atoms with Crippen LogP contribution >= 0.6 is 0 Å². The lowest BCUT2D eigenvalue weighted by Crippen LogP contribution is -2.44. The number of nitrogens with two attached hydrogens (primary N) is 1. The summed E-state index contributed by atoms with van der Waals surface area (Å²) in [5.41, 5.74) is 5.79. The van der Waals surface area contributed by atoms with E-state index < -0.39 is 0 Å². The van der Waals surface area contributed by atoms with E-state index in [1.165, 1.54) is 0 Å². The Morgan fingerprint density at radius 3 is 2.13 bits per heavy atom. The van der Waals surface area contributed by atoms with Gasteiger partial charge in [-0.05, 0) is 11.8 Å². The van der Waals surface area contributed by atoms with E-state index in [4.69, 9.17) is 10.8 Å². The minimum Gasteiger partial charge on any atom is -0.394 e. The second-order valence-electron chi connectivity index (χ2n) is 4.71. The molecule has 0 radical (unpaired) electrons. The van der Waals surface area contributed by atoms with Gasteiger partial charge < -0.3 is 16.2 Å². The van der Waals surface area contributed by atoms with Gasteiger partial charge in [0, 0.05) is 12.5 Å². The molecule has 0 aliphatic rings. The van der Waals surface area contributed by atoms with Gasteiger partial charge in [0.1, 0.15) is 0 Å². The van der Waals surface area contributed by atoms with Crippen molar-refractivity contribution in [3.05, 3.63) is 0 Å². The highest BCUT2D eigenvalue weighted by molar-refractivity contribution is 5.76. The molecule has 90 valence electrons. The fourth-order valence-electron chi connectivity index (χ4n) is 1.14. The van der Waals surface area contributed by atoms with E-state index in [2.05, 4.69) is 5.32 Å². The summed E-state index contributed by atoms with van der Waals surface area (Å²) in [6.07, 6.45) is 0.320. The molecule has 0 saturated heterocycles. The highest BCUT2D eigenvalue weighted by Gasteiger charge is 2.18. The first-order valence-corrected chi connectivity index (χ1v) is 5.54. The van der Waals surface area contributed by atoms with Crippen LogP contribution in [0, 0.1) is 11.8 Å². The molecule has 0 spiro atoms. The molecule has 0 aliphatic carbocycles. The fraction of sp³-hybridized carbons (Fsp3) is 0.909. The zero-order valence-electron chi connectivity index (χ0n) is 10.2. The summed E-state index contributed by atoms with van der Waals surface area (Å²) >= 11 is 0. The molecule has 0 aromatic carbocycles. The van der Waals surface area contributed by atoms with Crippen LogP contribution in [0.3, 0.4) is 0 Å². The summed E-state index contributed by atoms with van der Waals surface area (Å²) in [7, 11) is 0. The average molecular weight is 216 g/mol. The summed E-state index contributed by atoms with van der Waals surface area (Å²) in [5.74, 6) is 0.445. The Kier molecular flexibility index (Phi) is 6.52. The van der Waals surface area contributed by atoms with Crippen LogP contribution in [0.2, 0.25) is 0 Å². The SMILES string of the molecule is CC(C)C(N)CC(=O)N[C@H](CO)C(C)C. The molecule has 0 saturated carbocycles. The molecule has 0 aromatic heterocycles. The van der Waals surface area contributed by atoms with Crippen LogP contribution in [-0.2, 0) is 4.79 Å². The van der Waals surface area contributed by atoms with E-state index >= 15 is 0 Å². The molecule has 2 atom stereocenters. The monoisotopic (exact) mass is 216 g/mol. The molecule has 4 nitrogen and oxygen atoms in total. The normalized spacial score (nSPS) is 15.5. The average Bonchev–Trinajstić information content (AvgIpc) is 2.13. The van der Waals surface area contributed by atoms with E-state index in [0.717, 1.165) is 0 Å². The molecule has 1 unspecified atom stereocenters. The van der Waals surface area contributed by atoms with Gasteiger partial charge in [0.25, 0.3) is 0 Å². The van der Waals surface area contributed by atoms with Gasteiger partial charge in [0.05, 0.1) is 12.6 Å². The molecule has 0 aliphatic heterocycles. The van der Waals surface area contributed by atoms with Crippen molar-refractivity contribution in [1.82, 2.24) is 5.32 Å². The summed E-state index contributed by atoms with van der Waals surface area (Å²) in [6, 6.07) is -0.284. The first kappa shape index (κ1) is 14.4. The Labute approximate surface area is 92.2 Å². The van der Waals surface area contributed by atoms with Crippen LogP contribution in [-0.4, -0.2) is 29.7 Å². The molecule has 0 aromatic rings. The van der Waals surface area contributed by atoms with Crippen molar-refractivity contribution in [2.45, 2.75) is 46.2 Å². The first-order chi connectivity index (χ1) is 6.88. The smallest absolute Gasteiger partial charge is 0.221 e. The van der Waals surface area contributed by atoms with Crippen LogP contribution in [0.5, 0.6) is 0 Å². The number of rotatable bonds is 6. The maximum Gasteiger partial charge on any atom is 0.221 e. The summed E-state index contributed by atoms with van der Waals surface area (Å²) in [5, 5.41) is 11.8. The summed E-state index contributed by atoms with van der Waals surface area (Å²) in [4.78, 5) is 11.5. The third-order valence-corrected chi connectivity index (χ3v) is 2.63. The first-order valence-electron chi connectivity index (χ1n) is 5.54. The van der Waals surface area contributed by atoms with Crippen molar-refractivity contribution in [3.63, 3.8) is 0 Å². The van der Waals surface area contributed by atoms with E-state index in [1.54, 1.807) is 0 Å². The van der Waals surface area contributed by atoms with E-state index in [1.807, 2.05) is 27.7 Å². The lowest BCUT2D eigenvalue weighted by Gasteiger charge is -2.22. The quantitative estimate of drug-likeness (QED) is 0.605. The number of nitrogens with one attached hydrogen (secondary N) is 1. The Morgan fingerprint density at radius 2 is 1.80 bits per heavy atom. The van der Waals surface area contributed by atoms with Crippen molar-refractivity contribution in [2.75, 3.05) is 6.61 Å². The molecule has 0 bridgehead atoms. The number of aliphatic hydroxyl groups excluding tert-OH is 1. The van der Waals surface area contributed by atoms with Gasteiger partial charge in [-0.15, -0.1) is 0 Å². The Balaban J connectivity index is 4.02.